The molecule has 0 bridgehead atoms. The zero-order valence-corrected chi connectivity index (χ0v) is 20.2. The van der Waals surface area contributed by atoms with E-state index >= 15 is 0 Å². The van der Waals surface area contributed by atoms with Gasteiger partial charge in [0.05, 0.1) is 18.0 Å². The summed E-state index contributed by atoms with van der Waals surface area (Å²) in [5, 5.41) is 7.90. The Morgan fingerprint density at radius 3 is 2.52 bits per heavy atom. The third kappa shape index (κ3) is 6.34. The average Bonchev–Trinajstić information content (AvgIpc) is 3.20. The third-order valence-electron chi connectivity index (χ3n) is 7.20. The monoisotopic (exact) mass is 446 g/mol. The number of thioether (sulfide) groups is 1. The van der Waals surface area contributed by atoms with Crippen molar-refractivity contribution in [3.05, 3.63) is 0 Å². The molecule has 7 heteroatoms. The molecule has 7 unspecified atom stereocenters. The molecule has 2 N–H and O–H groups in total. The van der Waals surface area contributed by atoms with Crippen LogP contribution >= 0.6 is 11.8 Å². The van der Waals surface area contributed by atoms with E-state index in [9.17, 15) is 8.42 Å². The Bertz CT molecular complexity index is 595. The van der Waals surface area contributed by atoms with Gasteiger partial charge in [0.2, 0.25) is 0 Å². The van der Waals surface area contributed by atoms with Crippen LogP contribution in [0.15, 0.2) is 0 Å². The van der Waals surface area contributed by atoms with Crippen molar-refractivity contribution in [3.63, 3.8) is 0 Å². The minimum atomic E-state index is -3.01. The molecule has 0 aromatic carbocycles. The molecule has 0 spiro atoms. The maximum atomic E-state index is 12.3. The molecule has 3 aliphatic rings. The zero-order valence-electron chi connectivity index (χ0n) is 18.6. The predicted molar refractivity (Wildman–Crippen MR) is 123 cm³/mol. The molecule has 3 saturated heterocycles. The molecule has 3 fully saturated rings. The summed E-state index contributed by atoms with van der Waals surface area (Å²) < 4.78 is 31.1. The predicted octanol–water partition coefficient (Wildman–Crippen LogP) is 3.24. The Balaban J connectivity index is 1.66. The SMILES string of the molecule is CCCC1NC(C2CNCC(OCC3CCCS3)C2CCC)CCC1S(C)(=O)=O. The van der Waals surface area contributed by atoms with Crippen molar-refractivity contribution >= 4 is 21.6 Å². The summed E-state index contributed by atoms with van der Waals surface area (Å²) in [6, 6.07) is 0.480. The molecule has 170 valence electrons. The topological polar surface area (TPSA) is 67.4 Å². The fourth-order valence-corrected chi connectivity index (χ4v) is 8.33. The first kappa shape index (κ1) is 23.8. The summed E-state index contributed by atoms with van der Waals surface area (Å²) in [6.45, 7) is 7.28. The van der Waals surface area contributed by atoms with Crippen molar-refractivity contribution in [1.29, 1.82) is 0 Å². The van der Waals surface area contributed by atoms with Crippen molar-refractivity contribution < 1.29 is 13.2 Å². The quantitative estimate of drug-likeness (QED) is 0.567. The van der Waals surface area contributed by atoms with Gasteiger partial charge in [-0.25, -0.2) is 8.42 Å². The lowest BCUT2D eigenvalue weighted by Gasteiger charge is -2.47. The number of hydrogen-bond donors (Lipinski definition) is 2. The molecule has 7 atom stereocenters. The second-order valence-corrected chi connectivity index (χ2v) is 13.1. The summed E-state index contributed by atoms with van der Waals surface area (Å²) in [4.78, 5) is 0. The molecule has 0 aromatic heterocycles. The van der Waals surface area contributed by atoms with Gasteiger partial charge in [-0.2, -0.15) is 11.8 Å². The minimum absolute atomic E-state index is 0.0900. The zero-order chi connectivity index (χ0) is 20.9. The maximum Gasteiger partial charge on any atom is 0.151 e. The van der Waals surface area contributed by atoms with Gasteiger partial charge < -0.3 is 15.4 Å². The average molecular weight is 447 g/mol. The van der Waals surface area contributed by atoms with Crippen LogP contribution in [-0.2, 0) is 14.6 Å². The molecule has 0 radical (unpaired) electrons. The molecule has 5 nitrogen and oxygen atoms in total. The fraction of sp³-hybridized carbons (Fsp3) is 1.00. The second kappa shape index (κ2) is 11.2. The van der Waals surface area contributed by atoms with Crippen molar-refractivity contribution in [3.8, 4) is 0 Å². The van der Waals surface area contributed by atoms with E-state index in [0.717, 1.165) is 45.4 Å². The van der Waals surface area contributed by atoms with E-state index in [0.29, 0.717) is 23.1 Å². The molecule has 0 aliphatic carbocycles. The van der Waals surface area contributed by atoms with Gasteiger partial charge in [0.25, 0.3) is 0 Å². The summed E-state index contributed by atoms with van der Waals surface area (Å²) in [7, 11) is -3.01. The lowest BCUT2D eigenvalue weighted by molar-refractivity contribution is -0.0370. The first-order valence-corrected chi connectivity index (χ1v) is 14.8. The number of sulfone groups is 1. The Morgan fingerprint density at radius 2 is 1.86 bits per heavy atom. The van der Waals surface area contributed by atoms with Gasteiger partial charge in [-0.15, -0.1) is 0 Å². The van der Waals surface area contributed by atoms with Crippen LogP contribution in [0.5, 0.6) is 0 Å². The van der Waals surface area contributed by atoms with Crippen LogP contribution in [0.1, 0.15) is 65.2 Å². The number of nitrogens with one attached hydrogen (secondary N) is 2. The van der Waals surface area contributed by atoms with Crippen LogP contribution in [-0.4, -0.2) is 68.8 Å². The molecule has 0 saturated carbocycles. The standard InChI is InChI=1S/C22H42N2O3S2/c1-4-7-17-18(13-23-14-21(17)27-15-16-9-6-12-28-16)19-10-11-22(29(3,25)26)20(24-19)8-5-2/h16-24H,4-15H2,1-3H3. The largest absolute Gasteiger partial charge is 0.375 e. The third-order valence-corrected chi connectivity index (χ3v) is 10.2. The first-order valence-electron chi connectivity index (χ1n) is 11.8. The van der Waals surface area contributed by atoms with Crippen molar-refractivity contribution in [2.75, 3.05) is 31.7 Å². The Hall–Kier alpha value is 0.180. The van der Waals surface area contributed by atoms with Crippen LogP contribution in [0.4, 0.5) is 0 Å². The highest BCUT2D eigenvalue weighted by molar-refractivity contribution is 8.00. The van der Waals surface area contributed by atoms with Gasteiger partial charge in [-0.3, -0.25) is 0 Å². The van der Waals surface area contributed by atoms with Crippen LogP contribution in [0, 0.1) is 11.8 Å². The first-order chi connectivity index (χ1) is 13.9. The van der Waals surface area contributed by atoms with Crippen LogP contribution in [0.25, 0.3) is 0 Å². The van der Waals surface area contributed by atoms with Gasteiger partial charge in [-0.05, 0) is 62.7 Å². The lowest BCUT2D eigenvalue weighted by atomic mass is 9.74. The number of piperidine rings is 2. The van der Waals surface area contributed by atoms with Gasteiger partial charge in [0, 0.05) is 30.1 Å². The van der Waals surface area contributed by atoms with Gasteiger partial charge in [-0.1, -0.05) is 26.7 Å². The fourth-order valence-electron chi connectivity index (χ4n) is 5.77. The molecular formula is C22H42N2O3S2. The smallest absolute Gasteiger partial charge is 0.151 e. The Kier molecular flexibility index (Phi) is 9.18. The van der Waals surface area contributed by atoms with Crippen LogP contribution in [0.2, 0.25) is 0 Å². The van der Waals surface area contributed by atoms with E-state index in [1.54, 1.807) is 0 Å². The Labute approximate surface area is 182 Å². The molecule has 29 heavy (non-hydrogen) atoms. The highest BCUT2D eigenvalue weighted by Gasteiger charge is 2.43. The molecule has 3 aliphatic heterocycles. The summed E-state index contributed by atoms with van der Waals surface area (Å²) in [5.74, 6) is 2.36. The number of hydrogen-bond acceptors (Lipinski definition) is 6. The molecule has 0 amide bonds. The normalized spacial score (nSPS) is 38.9. The van der Waals surface area contributed by atoms with Crippen molar-refractivity contribution in [1.82, 2.24) is 10.6 Å². The number of rotatable bonds is 9. The van der Waals surface area contributed by atoms with Crippen LogP contribution in [0.3, 0.4) is 0 Å². The van der Waals surface area contributed by atoms with E-state index in [2.05, 4.69) is 36.2 Å². The van der Waals surface area contributed by atoms with E-state index in [-0.39, 0.29) is 17.4 Å². The van der Waals surface area contributed by atoms with E-state index in [1.165, 1.54) is 37.7 Å². The lowest BCUT2D eigenvalue weighted by Crippen LogP contribution is -2.61. The van der Waals surface area contributed by atoms with Gasteiger partial charge in [0.15, 0.2) is 9.84 Å². The molecule has 3 rings (SSSR count). The minimum Gasteiger partial charge on any atom is -0.375 e. The highest BCUT2D eigenvalue weighted by atomic mass is 32.2. The molecule has 0 aromatic rings. The molecular weight excluding hydrogens is 404 g/mol. The highest BCUT2D eigenvalue weighted by Crippen LogP contribution is 2.35. The van der Waals surface area contributed by atoms with E-state index < -0.39 is 9.84 Å². The summed E-state index contributed by atoms with van der Waals surface area (Å²) >= 11 is 2.07. The summed E-state index contributed by atoms with van der Waals surface area (Å²) in [5.41, 5.74) is 0. The van der Waals surface area contributed by atoms with Crippen molar-refractivity contribution in [2.24, 2.45) is 11.8 Å². The van der Waals surface area contributed by atoms with E-state index in [4.69, 9.17) is 4.74 Å². The molecule has 3 heterocycles. The van der Waals surface area contributed by atoms with Gasteiger partial charge >= 0.3 is 0 Å². The number of ether oxygens (including phenoxy) is 1. The Morgan fingerprint density at radius 1 is 1.07 bits per heavy atom. The van der Waals surface area contributed by atoms with Crippen molar-refractivity contribution in [2.45, 2.75) is 93.9 Å². The van der Waals surface area contributed by atoms with Crippen LogP contribution < -0.4 is 10.6 Å². The maximum absolute atomic E-state index is 12.3. The van der Waals surface area contributed by atoms with Gasteiger partial charge in [0.1, 0.15) is 0 Å². The second-order valence-electron chi connectivity index (χ2n) is 9.40. The van der Waals surface area contributed by atoms with E-state index in [1.807, 2.05) is 0 Å². The summed E-state index contributed by atoms with van der Waals surface area (Å²) in [6.07, 6.45) is 10.4.